The molecule has 31 heavy (non-hydrogen) atoms. The topological polar surface area (TPSA) is 73.5 Å². The second-order valence-corrected chi connectivity index (χ2v) is 8.16. The third-order valence-corrected chi connectivity index (χ3v) is 6.20. The smallest absolute Gasteiger partial charge is 0.123 e. The number of ether oxygens (including phenoxy) is 2. The Labute approximate surface area is 184 Å². The molecule has 4 rings (SSSR count). The maximum atomic E-state index is 6.06. The van der Waals surface area contributed by atoms with Crippen LogP contribution in [-0.2, 0) is 11.3 Å². The number of hydrogen-bond donors (Lipinski definition) is 1. The number of aryl methyl sites for hydroxylation is 1. The largest absolute Gasteiger partial charge is 0.496 e. The van der Waals surface area contributed by atoms with Crippen LogP contribution < -0.4 is 10.5 Å². The third-order valence-electron chi connectivity index (χ3n) is 6.20. The van der Waals surface area contributed by atoms with Gasteiger partial charge in [-0.1, -0.05) is 6.07 Å². The van der Waals surface area contributed by atoms with Crippen molar-refractivity contribution in [2.75, 3.05) is 32.5 Å². The fraction of sp³-hybridized carbons (Fsp3) is 0.360. The molecule has 1 aliphatic rings. The molecule has 1 unspecified atom stereocenters. The average Bonchev–Trinajstić information content (AvgIpc) is 2.80. The summed E-state index contributed by atoms with van der Waals surface area (Å²) in [4.78, 5) is 11.3. The molecule has 0 amide bonds. The molecule has 1 fully saturated rings. The quantitative estimate of drug-likeness (QED) is 0.668. The van der Waals surface area contributed by atoms with Crippen molar-refractivity contribution in [1.82, 2.24) is 14.9 Å². The number of methoxy groups -OCH3 is 1. The highest BCUT2D eigenvalue weighted by Crippen LogP contribution is 2.30. The van der Waals surface area contributed by atoms with E-state index in [0.717, 1.165) is 42.2 Å². The molecular formula is C25H30N4O2. The van der Waals surface area contributed by atoms with Crippen molar-refractivity contribution in [1.29, 1.82) is 0 Å². The summed E-state index contributed by atoms with van der Waals surface area (Å²) in [5, 5.41) is 0. The summed E-state index contributed by atoms with van der Waals surface area (Å²) >= 11 is 0. The zero-order chi connectivity index (χ0) is 22.0. The van der Waals surface area contributed by atoms with E-state index in [-0.39, 0.29) is 6.10 Å². The van der Waals surface area contributed by atoms with Gasteiger partial charge in [0.2, 0.25) is 0 Å². The Morgan fingerprint density at radius 2 is 1.81 bits per heavy atom. The average molecular weight is 419 g/mol. The number of nitrogens with zero attached hydrogens (tertiary/aromatic N) is 3. The first kappa shape index (κ1) is 21.3. The van der Waals surface area contributed by atoms with Crippen molar-refractivity contribution in [2.45, 2.75) is 33.4 Å². The van der Waals surface area contributed by atoms with E-state index in [2.05, 4.69) is 47.8 Å². The Morgan fingerprint density at radius 1 is 1.06 bits per heavy atom. The van der Waals surface area contributed by atoms with Gasteiger partial charge < -0.3 is 15.2 Å². The summed E-state index contributed by atoms with van der Waals surface area (Å²) in [7, 11) is 1.73. The molecule has 0 radical (unpaired) electrons. The van der Waals surface area contributed by atoms with Gasteiger partial charge in [0.05, 0.1) is 19.4 Å². The SMILES string of the molecule is COc1cc(C)c(CN2CCOC(c3ccc(-c4ccc(N)nc4)cn3)C2)c(C)c1C. The van der Waals surface area contributed by atoms with Crippen molar-refractivity contribution in [3.63, 3.8) is 0 Å². The minimum Gasteiger partial charge on any atom is -0.496 e. The Bertz CT molecular complexity index is 1050. The van der Waals surface area contributed by atoms with Crippen molar-refractivity contribution in [2.24, 2.45) is 0 Å². The van der Waals surface area contributed by atoms with E-state index in [1.165, 1.54) is 22.3 Å². The first-order chi connectivity index (χ1) is 15.0. The van der Waals surface area contributed by atoms with Crippen molar-refractivity contribution < 1.29 is 9.47 Å². The molecule has 1 saturated heterocycles. The third kappa shape index (κ3) is 4.55. The van der Waals surface area contributed by atoms with Crippen LogP contribution in [0.15, 0.2) is 42.7 Å². The molecule has 0 aliphatic carbocycles. The van der Waals surface area contributed by atoms with E-state index < -0.39 is 0 Å². The lowest BCUT2D eigenvalue weighted by atomic mass is 9.96. The van der Waals surface area contributed by atoms with Gasteiger partial charge in [0.25, 0.3) is 0 Å². The fourth-order valence-electron chi connectivity index (χ4n) is 4.15. The molecule has 3 aromatic rings. The number of pyridine rings is 2. The summed E-state index contributed by atoms with van der Waals surface area (Å²) in [5.41, 5.74) is 13.8. The van der Waals surface area contributed by atoms with Gasteiger partial charge in [0.1, 0.15) is 17.7 Å². The van der Waals surface area contributed by atoms with Gasteiger partial charge in [-0.15, -0.1) is 0 Å². The highest BCUT2D eigenvalue weighted by Gasteiger charge is 2.24. The summed E-state index contributed by atoms with van der Waals surface area (Å²) in [6, 6.07) is 10.0. The van der Waals surface area contributed by atoms with Gasteiger partial charge in [0.15, 0.2) is 0 Å². The monoisotopic (exact) mass is 418 g/mol. The number of nitrogen functional groups attached to an aromatic ring is 1. The van der Waals surface area contributed by atoms with Crippen molar-refractivity contribution >= 4 is 5.82 Å². The van der Waals surface area contributed by atoms with E-state index in [1.54, 1.807) is 19.4 Å². The second kappa shape index (κ2) is 9.04. The molecule has 1 aliphatic heterocycles. The van der Waals surface area contributed by atoms with Gasteiger partial charge in [-0.3, -0.25) is 9.88 Å². The molecule has 2 N–H and O–H groups in total. The molecule has 3 heterocycles. The molecule has 2 aromatic heterocycles. The molecule has 6 heteroatoms. The summed E-state index contributed by atoms with van der Waals surface area (Å²) in [6.45, 7) is 9.80. The number of hydrogen-bond acceptors (Lipinski definition) is 6. The number of rotatable bonds is 5. The molecule has 162 valence electrons. The highest BCUT2D eigenvalue weighted by atomic mass is 16.5. The van der Waals surface area contributed by atoms with Gasteiger partial charge in [-0.05, 0) is 67.3 Å². The molecule has 1 aromatic carbocycles. The van der Waals surface area contributed by atoms with Crippen LogP contribution in [0, 0.1) is 20.8 Å². The molecule has 1 atom stereocenters. The van der Waals surface area contributed by atoms with Crippen LogP contribution in [0.5, 0.6) is 5.75 Å². The van der Waals surface area contributed by atoms with E-state index in [9.17, 15) is 0 Å². The maximum absolute atomic E-state index is 6.06. The molecule has 0 spiro atoms. The first-order valence-corrected chi connectivity index (χ1v) is 10.6. The van der Waals surface area contributed by atoms with Crippen LogP contribution in [0.2, 0.25) is 0 Å². The zero-order valence-electron chi connectivity index (χ0n) is 18.7. The van der Waals surface area contributed by atoms with Gasteiger partial charge >= 0.3 is 0 Å². The second-order valence-electron chi connectivity index (χ2n) is 8.16. The van der Waals surface area contributed by atoms with Crippen molar-refractivity contribution in [3.05, 3.63) is 70.7 Å². The van der Waals surface area contributed by atoms with E-state index in [4.69, 9.17) is 15.2 Å². The molecular weight excluding hydrogens is 388 g/mol. The number of aromatic nitrogens is 2. The van der Waals surface area contributed by atoms with E-state index in [1.807, 2.05) is 18.3 Å². The lowest BCUT2D eigenvalue weighted by Gasteiger charge is -2.33. The highest BCUT2D eigenvalue weighted by molar-refractivity contribution is 5.62. The number of morpholine rings is 1. The molecule has 6 nitrogen and oxygen atoms in total. The Balaban J connectivity index is 1.48. The number of anilines is 1. The van der Waals surface area contributed by atoms with E-state index in [0.29, 0.717) is 12.4 Å². The molecule has 0 saturated carbocycles. The maximum Gasteiger partial charge on any atom is 0.123 e. The van der Waals surface area contributed by atoms with Crippen molar-refractivity contribution in [3.8, 4) is 16.9 Å². The van der Waals surface area contributed by atoms with Gasteiger partial charge in [-0.2, -0.15) is 0 Å². The van der Waals surface area contributed by atoms with Crippen LogP contribution >= 0.6 is 0 Å². The van der Waals surface area contributed by atoms with Gasteiger partial charge in [0, 0.05) is 43.2 Å². The fourth-order valence-corrected chi connectivity index (χ4v) is 4.15. The lowest BCUT2D eigenvalue weighted by molar-refractivity contribution is -0.0350. The minimum absolute atomic E-state index is 0.0349. The van der Waals surface area contributed by atoms with E-state index >= 15 is 0 Å². The summed E-state index contributed by atoms with van der Waals surface area (Å²) in [6.07, 6.45) is 3.62. The predicted molar refractivity (Wildman–Crippen MR) is 123 cm³/mol. The predicted octanol–water partition coefficient (Wildman–Crippen LogP) is 4.23. The standard InChI is InChI=1S/C25H30N4O2/c1-16-11-23(30-4)18(3)17(2)21(16)14-29-9-10-31-24(15-29)22-7-5-19(12-27-22)20-6-8-25(26)28-13-20/h5-8,11-13,24H,9-10,14-15H2,1-4H3,(H2,26,28). The van der Waals surface area contributed by atoms with Crippen LogP contribution in [0.1, 0.15) is 34.1 Å². The summed E-state index contributed by atoms with van der Waals surface area (Å²) in [5.74, 6) is 1.47. The normalized spacial score (nSPS) is 17.0. The number of nitrogens with two attached hydrogens (primary N) is 1. The van der Waals surface area contributed by atoms with Crippen LogP contribution in [0.4, 0.5) is 5.82 Å². The Hall–Kier alpha value is -2.96. The Kier molecular flexibility index (Phi) is 6.20. The first-order valence-electron chi connectivity index (χ1n) is 10.6. The lowest BCUT2D eigenvalue weighted by Crippen LogP contribution is -2.38. The van der Waals surface area contributed by atoms with Gasteiger partial charge in [-0.25, -0.2) is 4.98 Å². The molecule has 0 bridgehead atoms. The Morgan fingerprint density at radius 3 is 2.45 bits per heavy atom. The van der Waals surface area contributed by atoms with Crippen LogP contribution in [0.25, 0.3) is 11.1 Å². The minimum atomic E-state index is -0.0349. The summed E-state index contributed by atoms with van der Waals surface area (Å²) < 4.78 is 11.6. The van der Waals surface area contributed by atoms with Crippen LogP contribution in [-0.4, -0.2) is 41.7 Å². The zero-order valence-corrected chi connectivity index (χ0v) is 18.7. The number of benzene rings is 1. The van der Waals surface area contributed by atoms with Crippen LogP contribution in [0.3, 0.4) is 0 Å².